The number of aromatic carboxylic acids is 1. The van der Waals surface area contributed by atoms with Gasteiger partial charge in [0.2, 0.25) is 0 Å². The number of nitrogens with zero attached hydrogens (tertiary/aromatic N) is 2. The van der Waals surface area contributed by atoms with Gasteiger partial charge in [-0.15, -0.1) is 0 Å². The minimum absolute atomic E-state index is 0.300. The van der Waals surface area contributed by atoms with E-state index in [9.17, 15) is 4.79 Å². The third kappa shape index (κ3) is 2.20. The second-order valence-corrected chi connectivity index (χ2v) is 6.00. The first-order valence-electron chi connectivity index (χ1n) is 6.37. The Morgan fingerprint density at radius 2 is 1.95 bits per heavy atom. The van der Waals surface area contributed by atoms with Crippen LogP contribution in [0.25, 0.3) is 16.2 Å². The van der Waals surface area contributed by atoms with Crippen molar-refractivity contribution in [3.8, 4) is 11.3 Å². The Hall–Kier alpha value is -2.14. The minimum atomic E-state index is -0.914. The molecule has 0 amide bonds. The van der Waals surface area contributed by atoms with Crippen LogP contribution in [0.3, 0.4) is 0 Å². The normalized spacial score (nSPS) is 11.3. The zero-order chi connectivity index (χ0) is 14.3. The van der Waals surface area contributed by atoms with Gasteiger partial charge >= 0.3 is 5.97 Å². The van der Waals surface area contributed by atoms with E-state index < -0.39 is 5.97 Å². The van der Waals surface area contributed by atoms with E-state index in [0.29, 0.717) is 15.8 Å². The summed E-state index contributed by atoms with van der Waals surface area (Å²) in [5, 5.41) is 8.94. The number of thiazole rings is 1. The monoisotopic (exact) mass is 286 g/mol. The van der Waals surface area contributed by atoms with Crippen LogP contribution in [0.5, 0.6) is 0 Å². The fourth-order valence-electron chi connectivity index (χ4n) is 2.07. The highest BCUT2D eigenvalue weighted by Gasteiger charge is 2.12. The first-order valence-corrected chi connectivity index (χ1v) is 7.18. The summed E-state index contributed by atoms with van der Waals surface area (Å²) in [4.78, 5) is 16.4. The Morgan fingerprint density at radius 3 is 2.50 bits per heavy atom. The van der Waals surface area contributed by atoms with E-state index in [2.05, 4.69) is 43.1 Å². The summed E-state index contributed by atoms with van der Waals surface area (Å²) in [5.41, 5.74) is 3.20. The Balaban J connectivity index is 1.97. The summed E-state index contributed by atoms with van der Waals surface area (Å²) in [6.07, 6.45) is 3.46. The molecular weight excluding hydrogens is 272 g/mol. The lowest BCUT2D eigenvalue weighted by molar-refractivity contribution is 0.0702. The van der Waals surface area contributed by atoms with Crippen molar-refractivity contribution in [2.45, 2.75) is 19.8 Å². The van der Waals surface area contributed by atoms with Gasteiger partial charge in [0.25, 0.3) is 0 Å². The fourth-order valence-corrected chi connectivity index (χ4v) is 2.88. The van der Waals surface area contributed by atoms with Gasteiger partial charge < -0.3 is 5.11 Å². The zero-order valence-corrected chi connectivity index (χ0v) is 12.0. The Kier molecular flexibility index (Phi) is 3.06. The highest BCUT2D eigenvalue weighted by Crippen LogP contribution is 2.25. The van der Waals surface area contributed by atoms with Crippen molar-refractivity contribution in [3.63, 3.8) is 0 Å². The number of carboxylic acid groups (broad SMARTS) is 1. The van der Waals surface area contributed by atoms with E-state index in [4.69, 9.17) is 5.11 Å². The predicted octanol–water partition coefficient (Wildman–Crippen LogP) is 3.88. The molecule has 0 saturated heterocycles. The summed E-state index contributed by atoms with van der Waals surface area (Å²) >= 11 is 1.18. The summed E-state index contributed by atoms with van der Waals surface area (Å²) in [7, 11) is 0. The lowest BCUT2D eigenvalue weighted by Crippen LogP contribution is -1.90. The van der Waals surface area contributed by atoms with Crippen molar-refractivity contribution in [2.75, 3.05) is 0 Å². The van der Waals surface area contributed by atoms with Gasteiger partial charge in [-0.05, 0) is 11.5 Å². The molecule has 0 atom stereocenters. The number of carboxylic acids is 1. The maximum absolute atomic E-state index is 10.9. The third-order valence-electron chi connectivity index (χ3n) is 3.24. The largest absolute Gasteiger partial charge is 0.477 e. The fraction of sp³-hybridized carbons (Fsp3) is 0.200. The molecule has 0 saturated carbocycles. The Bertz CT molecular complexity index is 737. The molecule has 0 aliphatic heterocycles. The van der Waals surface area contributed by atoms with Gasteiger partial charge in [-0.2, -0.15) is 0 Å². The van der Waals surface area contributed by atoms with Crippen LogP contribution in [0.2, 0.25) is 0 Å². The van der Waals surface area contributed by atoms with Gasteiger partial charge in [0.05, 0.1) is 5.69 Å². The maximum atomic E-state index is 10.9. The van der Waals surface area contributed by atoms with Gasteiger partial charge in [-0.3, -0.25) is 4.40 Å². The molecule has 3 rings (SSSR count). The summed E-state index contributed by atoms with van der Waals surface area (Å²) in [6, 6.07) is 8.33. The summed E-state index contributed by atoms with van der Waals surface area (Å²) in [5.74, 6) is -0.406. The van der Waals surface area contributed by atoms with Crippen molar-refractivity contribution in [3.05, 3.63) is 47.1 Å². The number of hydrogen-bond acceptors (Lipinski definition) is 3. The Morgan fingerprint density at radius 1 is 1.25 bits per heavy atom. The van der Waals surface area contributed by atoms with Crippen LogP contribution >= 0.6 is 11.3 Å². The molecule has 5 heteroatoms. The van der Waals surface area contributed by atoms with Gasteiger partial charge in [0.15, 0.2) is 4.96 Å². The number of aromatic nitrogens is 2. The standard InChI is InChI=1S/C15H14N2O2S/c1-9(2)10-3-5-11(6-4-10)12-7-17-8-13(14(18)19)20-15(17)16-12/h3-9H,1-2H3,(H,18,19). The summed E-state index contributed by atoms with van der Waals surface area (Å²) < 4.78 is 1.76. The van der Waals surface area contributed by atoms with Crippen LogP contribution < -0.4 is 0 Å². The number of carbonyl (C=O) groups is 1. The first kappa shape index (κ1) is 12.9. The molecule has 0 spiro atoms. The minimum Gasteiger partial charge on any atom is -0.477 e. The molecule has 4 nitrogen and oxygen atoms in total. The average molecular weight is 286 g/mol. The molecule has 0 unspecified atom stereocenters. The average Bonchev–Trinajstić information content (AvgIpc) is 2.96. The van der Waals surface area contributed by atoms with Gasteiger partial charge in [-0.25, -0.2) is 9.78 Å². The van der Waals surface area contributed by atoms with Gasteiger partial charge in [0.1, 0.15) is 4.88 Å². The highest BCUT2D eigenvalue weighted by molar-refractivity contribution is 7.18. The van der Waals surface area contributed by atoms with Crippen molar-refractivity contribution >= 4 is 22.3 Å². The summed E-state index contributed by atoms with van der Waals surface area (Å²) in [6.45, 7) is 4.32. The van der Waals surface area contributed by atoms with Crippen molar-refractivity contribution < 1.29 is 9.90 Å². The van der Waals surface area contributed by atoms with Crippen LogP contribution in [0.15, 0.2) is 36.7 Å². The van der Waals surface area contributed by atoms with E-state index in [1.54, 1.807) is 10.6 Å². The number of fused-ring (bicyclic) bond motifs is 1. The van der Waals surface area contributed by atoms with Crippen LogP contribution in [-0.4, -0.2) is 20.5 Å². The van der Waals surface area contributed by atoms with E-state index >= 15 is 0 Å². The molecule has 0 aliphatic rings. The second kappa shape index (κ2) is 4.76. The number of hydrogen-bond donors (Lipinski definition) is 1. The smallest absolute Gasteiger partial charge is 0.347 e. The molecule has 0 aliphatic carbocycles. The SMILES string of the molecule is CC(C)c1ccc(-c2cn3cc(C(=O)O)sc3n2)cc1. The molecular formula is C15H14N2O2S. The lowest BCUT2D eigenvalue weighted by Gasteiger charge is -2.05. The quantitative estimate of drug-likeness (QED) is 0.794. The topological polar surface area (TPSA) is 54.6 Å². The molecule has 20 heavy (non-hydrogen) atoms. The Labute approximate surface area is 120 Å². The van der Waals surface area contributed by atoms with E-state index in [1.165, 1.54) is 16.9 Å². The molecule has 0 fully saturated rings. The van der Waals surface area contributed by atoms with Gasteiger partial charge in [0, 0.05) is 18.0 Å². The number of imidazole rings is 1. The molecule has 2 heterocycles. The van der Waals surface area contributed by atoms with Crippen LogP contribution in [-0.2, 0) is 0 Å². The van der Waals surface area contributed by atoms with E-state index in [1.807, 2.05) is 6.20 Å². The zero-order valence-electron chi connectivity index (χ0n) is 11.2. The number of rotatable bonds is 3. The lowest BCUT2D eigenvalue weighted by atomic mass is 10.0. The van der Waals surface area contributed by atoms with Crippen LogP contribution in [0.1, 0.15) is 35.0 Å². The molecule has 0 radical (unpaired) electrons. The molecule has 0 bridgehead atoms. The second-order valence-electron chi connectivity index (χ2n) is 4.99. The number of benzene rings is 1. The van der Waals surface area contributed by atoms with E-state index in [0.717, 1.165) is 11.3 Å². The van der Waals surface area contributed by atoms with Crippen molar-refractivity contribution in [1.82, 2.24) is 9.38 Å². The first-order chi connectivity index (χ1) is 9.54. The third-order valence-corrected chi connectivity index (χ3v) is 4.22. The molecule has 102 valence electrons. The molecule has 3 aromatic rings. The van der Waals surface area contributed by atoms with Crippen molar-refractivity contribution in [1.29, 1.82) is 0 Å². The van der Waals surface area contributed by atoms with E-state index in [-0.39, 0.29) is 0 Å². The van der Waals surface area contributed by atoms with Crippen molar-refractivity contribution in [2.24, 2.45) is 0 Å². The highest BCUT2D eigenvalue weighted by atomic mass is 32.1. The molecule has 1 aromatic carbocycles. The maximum Gasteiger partial charge on any atom is 0.347 e. The van der Waals surface area contributed by atoms with Crippen LogP contribution in [0.4, 0.5) is 0 Å². The van der Waals surface area contributed by atoms with Crippen LogP contribution in [0, 0.1) is 0 Å². The molecule has 2 aromatic heterocycles. The molecule has 1 N–H and O–H groups in total. The predicted molar refractivity (Wildman–Crippen MR) is 79.6 cm³/mol. The van der Waals surface area contributed by atoms with Gasteiger partial charge in [-0.1, -0.05) is 49.4 Å².